The average Bonchev–Trinajstić information content (AvgIpc) is 3.04. The second-order valence-corrected chi connectivity index (χ2v) is 8.13. The number of fused-ring (bicyclic) bond motifs is 1. The molecule has 0 unspecified atom stereocenters. The molecule has 1 aromatic heterocycles. The minimum Gasteiger partial charge on any atom is -0.221 e. The van der Waals surface area contributed by atoms with Gasteiger partial charge in [0.1, 0.15) is 12.2 Å². The van der Waals surface area contributed by atoms with Crippen molar-refractivity contribution < 1.29 is 0 Å². The second-order valence-electron chi connectivity index (χ2n) is 8.13. The summed E-state index contributed by atoms with van der Waals surface area (Å²) in [6.07, 6.45) is 16.1. The molecule has 4 rings (SSSR count). The summed E-state index contributed by atoms with van der Waals surface area (Å²) < 4.78 is 0. The minimum absolute atomic E-state index is 0.672. The molecule has 3 heteroatoms. The number of allylic oxidation sites excluding steroid dienone is 6. The highest BCUT2D eigenvalue weighted by Gasteiger charge is 2.15. The average molecular weight is 420 g/mol. The Morgan fingerprint density at radius 1 is 1.06 bits per heavy atom. The highest BCUT2D eigenvalue weighted by molar-refractivity contribution is 5.85. The molecular weight excluding hydrogens is 390 g/mol. The third-order valence-electron chi connectivity index (χ3n) is 5.66. The topological polar surface area (TPSA) is 38.7 Å². The van der Waals surface area contributed by atoms with E-state index in [1.807, 2.05) is 32.1 Å². The molecule has 0 fully saturated rings. The number of benzene rings is 2. The molecule has 1 aliphatic carbocycles. The Morgan fingerprint density at radius 3 is 2.75 bits per heavy atom. The van der Waals surface area contributed by atoms with Gasteiger partial charge in [-0.1, -0.05) is 66.8 Å². The van der Waals surface area contributed by atoms with Crippen LogP contribution >= 0.6 is 0 Å². The van der Waals surface area contributed by atoms with Gasteiger partial charge in [0.15, 0.2) is 5.82 Å². The van der Waals surface area contributed by atoms with Gasteiger partial charge in [-0.15, -0.1) is 0 Å². The summed E-state index contributed by atoms with van der Waals surface area (Å²) in [6, 6.07) is 15.3. The Balaban J connectivity index is 1.78. The Kier molecular flexibility index (Phi) is 6.86. The predicted octanol–water partition coefficient (Wildman–Crippen LogP) is 7.01. The lowest BCUT2D eigenvalue weighted by Gasteiger charge is -2.14. The van der Waals surface area contributed by atoms with E-state index in [0.717, 1.165) is 35.4 Å². The van der Waals surface area contributed by atoms with E-state index in [1.54, 1.807) is 6.33 Å². The molecule has 0 atom stereocenters. The highest BCUT2D eigenvalue weighted by Crippen LogP contribution is 2.34. The lowest BCUT2D eigenvalue weighted by Crippen LogP contribution is -2.00. The Bertz CT molecular complexity index is 1210. The van der Waals surface area contributed by atoms with E-state index in [-0.39, 0.29) is 0 Å². The molecule has 0 radical (unpaired) electrons. The largest absolute Gasteiger partial charge is 0.221 e. The normalized spacial score (nSPS) is 13.8. The molecule has 3 nitrogen and oxygen atoms in total. The molecule has 0 amide bonds. The van der Waals surface area contributed by atoms with Gasteiger partial charge >= 0.3 is 0 Å². The molecule has 0 saturated heterocycles. The second kappa shape index (κ2) is 10.1. The molecule has 0 spiro atoms. The van der Waals surface area contributed by atoms with E-state index in [0.29, 0.717) is 12.2 Å². The summed E-state index contributed by atoms with van der Waals surface area (Å²) in [5.74, 6) is 1.46. The molecule has 0 bridgehead atoms. The first-order valence-corrected chi connectivity index (χ1v) is 11.2. The van der Waals surface area contributed by atoms with Crippen molar-refractivity contribution in [2.24, 2.45) is 0 Å². The molecule has 160 valence electrons. The zero-order valence-electron chi connectivity index (χ0n) is 18.9. The summed E-state index contributed by atoms with van der Waals surface area (Å²) in [7, 11) is 0. The molecule has 32 heavy (non-hydrogen) atoms. The molecular formula is C29H29N3. The number of hydrogen-bond donors (Lipinski definition) is 0. The van der Waals surface area contributed by atoms with Crippen LogP contribution in [0.5, 0.6) is 0 Å². The van der Waals surface area contributed by atoms with Gasteiger partial charge in [-0.25, -0.2) is 15.0 Å². The Hall–Kier alpha value is -3.59. The molecule has 2 aromatic carbocycles. The summed E-state index contributed by atoms with van der Waals surface area (Å²) in [4.78, 5) is 13.6. The van der Waals surface area contributed by atoms with E-state index >= 15 is 0 Å². The van der Waals surface area contributed by atoms with Crippen molar-refractivity contribution in [3.8, 4) is 11.4 Å². The molecule has 0 saturated carbocycles. The fourth-order valence-electron chi connectivity index (χ4n) is 4.01. The molecule has 0 N–H and O–H groups in total. The van der Waals surface area contributed by atoms with Gasteiger partial charge in [-0.3, -0.25) is 0 Å². The quantitative estimate of drug-likeness (QED) is 0.403. The van der Waals surface area contributed by atoms with Crippen molar-refractivity contribution in [3.05, 3.63) is 114 Å². The first-order chi connectivity index (χ1) is 15.7. The van der Waals surface area contributed by atoms with Crippen LogP contribution in [0.3, 0.4) is 0 Å². The van der Waals surface area contributed by atoms with Crippen LogP contribution < -0.4 is 0 Å². The highest BCUT2D eigenvalue weighted by atomic mass is 15.0. The van der Waals surface area contributed by atoms with E-state index in [4.69, 9.17) is 4.98 Å². The molecule has 1 aliphatic rings. The monoisotopic (exact) mass is 419 g/mol. The van der Waals surface area contributed by atoms with Crippen LogP contribution in [0.2, 0.25) is 0 Å². The van der Waals surface area contributed by atoms with Gasteiger partial charge in [0.2, 0.25) is 0 Å². The van der Waals surface area contributed by atoms with Gasteiger partial charge in [-0.05, 0) is 79.1 Å². The lowest BCUT2D eigenvalue weighted by atomic mass is 9.90. The fraction of sp³-hybridized carbons (Fsp3) is 0.207. The lowest BCUT2D eigenvalue weighted by molar-refractivity contribution is 0.851. The summed E-state index contributed by atoms with van der Waals surface area (Å²) in [5, 5.41) is 0. The zero-order chi connectivity index (χ0) is 22.3. The van der Waals surface area contributed by atoms with Crippen LogP contribution in [-0.2, 0) is 12.8 Å². The third kappa shape index (κ3) is 5.00. The van der Waals surface area contributed by atoms with Crippen molar-refractivity contribution in [3.63, 3.8) is 0 Å². The maximum absolute atomic E-state index is 4.74. The molecule has 1 heterocycles. The van der Waals surface area contributed by atoms with Crippen LogP contribution in [-0.4, -0.2) is 15.0 Å². The predicted molar refractivity (Wildman–Crippen MR) is 134 cm³/mol. The zero-order valence-corrected chi connectivity index (χ0v) is 18.9. The van der Waals surface area contributed by atoms with E-state index < -0.39 is 0 Å². The summed E-state index contributed by atoms with van der Waals surface area (Å²) in [5.41, 5.74) is 8.32. The number of rotatable bonds is 6. The maximum atomic E-state index is 4.74. The van der Waals surface area contributed by atoms with Crippen molar-refractivity contribution >= 4 is 11.1 Å². The van der Waals surface area contributed by atoms with Crippen LogP contribution in [0.25, 0.3) is 22.5 Å². The van der Waals surface area contributed by atoms with Crippen molar-refractivity contribution in [1.29, 1.82) is 0 Å². The van der Waals surface area contributed by atoms with E-state index in [1.165, 1.54) is 28.7 Å². The van der Waals surface area contributed by atoms with Crippen LogP contribution in [0.4, 0.5) is 0 Å². The van der Waals surface area contributed by atoms with Crippen LogP contribution in [0.1, 0.15) is 54.8 Å². The SMILES string of the molecule is C=C(C)c1cc(C2=CCCCc3ccccc32)cc(-c2ncnc(C/C=C\C=C/C)n2)c1. The van der Waals surface area contributed by atoms with Gasteiger partial charge in [-0.2, -0.15) is 0 Å². The first-order valence-electron chi connectivity index (χ1n) is 11.2. The molecule has 3 aromatic rings. The Morgan fingerprint density at radius 2 is 1.91 bits per heavy atom. The summed E-state index contributed by atoms with van der Waals surface area (Å²) in [6.45, 7) is 8.24. The van der Waals surface area contributed by atoms with Gasteiger partial charge in [0.05, 0.1) is 0 Å². The minimum atomic E-state index is 0.672. The molecule has 0 aliphatic heterocycles. The number of aromatic nitrogens is 3. The van der Waals surface area contributed by atoms with Crippen molar-refractivity contribution in [1.82, 2.24) is 15.0 Å². The number of nitrogens with zero attached hydrogens (tertiary/aromatic N) is 3. The summed E-state index contributed by atoms with van der Waals surface area (Å²) >= 11 is 0. The van der Waals surface area contributed by atoms with Crippen molar-refractivity contribution in [2.75, 3.05) is 0 Å². The first kappa shape index (κ1) is 21.6. The van der Waals surface area contributed by atoms with Gasteiger partial charge < -0.3 is 0 Å². The van der Waals surface area contributed by atoms with Crippen LogP contribution in [0, 0.1) is 0 Å². The van der Waals surface area contributed by atoms with Crippen molar-refractivity contribution in [2.45, 2.75) is 39.5 Å². The van der Waals surface area contributed by atoms with E-state index in [2.05, 4.69) is 71.2 Å². The van der Waals surface area contributed by atoms with Gasteiger partial charge in [0.25, 0.3) is 0 Å². The maximum Gasteiger partial charge on any atom is 0.163 e. The fourth-order valence-corrected chi connectivity index (χ4v) is 4.01. The standard InChI is InChI=1S/C29H29N3/c1-4-5-6-7-16-28-30-20-31-29(32-28)25-18-23(21(2)3)17-24(19-25)27-15-11-9-13-22-12-8-10-14-26(22)27/h4-8,10,12,14-15,17-20H,2,9,11,13,16H2,1,3H3/b5-4-,7-6-. The Labute approximate surface area is 191 Å². The number of hydrogen-bond acceptors (Lipinski definition) is 3. The van der Waals surface area contributed by atoms with Crippen LogP contribution in [0.15, 0.2) is 85.8 Å². The van der Waals surface area contributed by atoms with Gasteiger partial charge in [0, 0.05) is 12.0 Å². The smallest absolute Gasteiger partial charge is 0.163 e. The number of aryl methyl sites for hydroxylation is 1. The third-order valence-corrected chi connectivity index (χ3v) is 5.66. The van der Waals surface area contributed by atoms with E-state index in [9.17, 15) is 0 Å².